The molecule has 8 heteroatoms. The van der Waals surface area contributed by atoms with Gasteiger partial charge in [-0.3, -0.25) is 4.90 Å². The lowest BCUT2D eigenvalue weighted by Crippen LogP contribution is -2.43. The van der Waals surface area contributed by atoms with Gasteiger partial charge in [0.1, 0.15) is 0 Å². The van der Waals surface area contributed by atoms with E-state index in [-0.39, 0.29) is 30.9 Å². The quantitative estimate of drug-likeness (QED) is 0.163. The summed E-state index contributed by atoms with van der Waals surface area (Å²) in [6.45, 7) is 3.47. The van der Waals surface area contributed by atoms with Gasteiger partial charge in [-0.05, 0) is 41.8 Å². The number of carbonyl (C=O) groups excluding carboxylic acids is 1. The van der Waals surface area contributed by atoms with Crippen LogP contribution in [0.2, 0.25) is 0 Å². The molecule has 2 amide bonds. The van der Waals surface area contributed by atoms with Crippen molar-refractivity contribution in [1.82, 2.24) is 15.5 Å². The molecule has 5 rings (SSSR count). The highest BCUT2D eigenvalue weighted by Crippen LogP contribution is 2.38. The first-order valence-corrected chi connectivity index (χ1v) is 15.5. The molecule has 236 valence electrons. The van der Waals surface area contributed by atoms with Crippen LogP contribution < -0.4 is 10.6 Å². The summed E-state index contributed by atoms with van der Waals surface area (Å²) in [5.74, 6) is 0. The molecule has 0 aromatic heterocycles. The average molecular weight is 610 g/mol. The Labute approximate surface area is 265 Å². The molecule has 1 aliphatic rings. The van der Waals surface area contributed by atoms with Gasteiger partial charge < -0.3 is 30.3 Å². The van der Waals surface area contributed by atoms with Gasteiger partial charge in [0, 0.05) is 37.7 Å². The summed E-state index contributed by atoms with van der Waals surface area (Å²) >= 11 is 0. The largest absolute Gasteiger partial charge is 0.392 e. The number of aliphatic hydroxyl groups excluding tert-OH is 2. The second-order valence-corrected chi connectivity index (χ2v) is 11.6. The maximum Gasteiger partial charge on any atom is 0.315 e. The number of nitrogens with zero attached hydrogens (tertiary/aromatic N) is 1. The van der Waals surface area contributed by atoms with Crippen LogP contribution in [0.5, 0.6) is 0 Å². The van der Waals surface area contributed by atoms with E-state index in [1.807, 2.05) is 123 Å². The minimum atomic E-state index is -0.629. The van der Waals surface area contributed by atoms with Gasteiger partial charge in [-0.15, -0.1) is 0 Å². The van der Waals surface area contributed by atoms with E-state index in [2.05, 4.69) is 15.5 Å². The van der Waals surface area contributed by atoms with E-state index in [1.54, 1.807) is 0 Å². The number of amides is 2. The van der Waals surface area contributed by atoms with E-state index in [0.29, 0.717) is 26.1 Å². The summed E-state index contributed by atoms with van der Waals surface area (Å²) in [5.41, 5.74) is 5.63. The van der Waals surface area contributed by atoms with Crippen molar-refractivity contribution in [2.45, 2.75) is 63.7 Å². The van der Waals surface area contributed by atoms with Crippen LogP contribution in [0.25, 0.3) is 0 Å². The maximum atomic E-state index is 12.3. The van der Waals surface area contributed by atoms with E-state index in [0.717, 1.165) is 33.4 Å². The second kappa shape index (κ2) is 15.8. The molecular weight excluding hydrogens is 566 g/mol. The van der Waals surface area contributed by atoms with Crippen molar-refractivity contribution < 1.29 is 24.5 Å². The second-order valence-electron chi connectivity index (χ2n) is 11.6. The molecule has 0 spiro atoms. The monoisotopic (exact) mass is 609 g/mol. The lowest BCUT2D eigenvalue weighted by atomic mass is 9.98. The fraction of sp³-hybridized carbons (Fsp3) is 0.324. The molecule has 0 aliphatic carbocycles. The topological polar surface area (TPSA) is 103 Å². The summed E-state index contributed by atoms with van der Waals surface area (Å²) < 4.78 is 13.0. The van der Waals surface area contributed by atoms with Crippen LogP contribution in [0.4, 0.5) is 4.79 Å². The van der Waals surface area contributed by atoms with Gasteiger partial charge in [-0.1, -0.05) is 109 Å². The van der Waals surface area contributed by atoms with E-state index in [9.17, 15) is 15.0 Å². The molecule has 8 nitrogen and oxygen atoms in total. The highest BCUT2D eigenvalue weighted by Gasteiger charge is 2.34. The zero-order valence-corrected chi connectivity index (χ0v) is 25.9. The van der Waals surface area contributed by atoms with Crippen molar-refractivity contribution >= 4 is 6.03 Å². The number of likely N-dealkylation sites (N-methyl/N-ethyl adjacent to an activating group) is 1. The number of rotatable bonds is 12. The van der Waals surface area contributed by atoms with Crippen molar-refractivity contribution in [3.63, 3.8) is 0 Å². The fourth-order valence-corrected chi connectivity index (χ4v) is 5.51. The average Bonchev–Trinajstić information content (AvgIpc) is 3.10. The van der Waals surface area contributed by atoms with Crippen molar-refractivity contribution in [3.05, 3.63) is 143 Å². The highest BCUT2D eigenvalue weighted by molar-refractivity contribution is 5.73. The molecule has 4 N–H and O–H groups in total. The van der Waals surface area contributed by atoms with Crippen molar-refractivity contribution in [2.24, 2.45) is 0 Å². The van der Waals surface area contributed by atoms with Gasteiger partial charge in [0.05, 0.1) is 24.9 Å². The van der Waals surface area contributed by atoms with Gasteiger partial charge in [0.25, 0.3) is 0 Å². The van der Waals surface area contributed by atoms with Gasteiger partial charge in [0.15, 0.2) is 6.29 Å². The fourth-order valence-electron chi connectivity index (χ4n) is 5.51. The SMILES string of the molecule is C[C@H]([C@@H](O)c1ccccc1)N(C)C[C@H]1C[C@@H](c2ccc(CO)cc2)O[C@@H](c2ccc(CNC(=O)NCc3ccccc3)cc2)O1. The number of nitrogens with one attached hydrogen (secondary N) is 2. The summed E-state index contributed by atoms with van der Waals surface area (Å²) in [5, 5.41) is 26.3. The first kappa shape index (κ1) is 32.3. The lowest BCUT2D eigenvalue weighted by Gasteiger charge is -2.39. The molecular formula is C37H43N3O5. The number of carbonyl (C=O) groups is 1. The van der Waals surface area contributed by atoms with Crippen molar-refractivity contribution in [2.75, 3.05) is 13.6 Å². The smallest absolute Gasteiger partial charge is 0.315 e. The Bertz CT molecular complexity index is 1470. The molecule has 45 heavy (non-hydrogen) atoms. The van der Waals surface area contributed by atoms with Gasteiger partial charge in [-0.25, -0.2) is 4.79 Å². The predicted octanol–water partition coefficient (Wildman–Crippen LogP) is 5.78. The molecule has 5 atom stereocenters. The van der Waals surface area contributed by atoms with Crippen LogP contribution in [-0.2, 0) is 29.2 Å². The molecule has 4 aromatic rings. The number of aliphatic hydroxyl groups is 2. The Kier molecular flexibility index (Phi) is 11.4. The first-order chi connectivity index (χ1) is 21.9. The van der Waals surface area contributed by atoms with Crippen LogP contribution in [-0.4, -0.2) is 46.9 Å². The Morgan fingerprint density at radius 1 is 0.800 bits per heavy atom. The van der Waals surface area contributed by atoms with Crippen LogP contribution in [0.3, 0.4) is 0 Å². The Morgan fingerprint density at radius 2 is 1.36 bits per heavy atom. The normalized spacial score (nSPS) is 19.5. The maximum absolute atomic E-state index is 12.3. The van der Waals surface area contributed by atoms with Crippen LogP contribution >= 0.6 is 0 Å². The summed E-state index contributed by atoms with van der Waals surface area (Å²) in [7, 11) is 2.01. The third kappa shape index (κ3) is 9.00. The third-order valence-corrected chi connectivity index (χ3v) is 8.40. The number of benzene rings is 4. The van der Waals surface area contributed by atoms with Gasteiger partial charge in [-0.2, -0.15) is 0 Å². The molecule has 4 aromatic carbocycles. The third-order valence-electron chi connectivity index (χ3n) is 8.40. The minimum Gasteiger partial charge on any atom is -0.392 e. The zero-order valence-electron chi connectivity index (χ0n) is 25.9. The van der Waals surface area contributed by atoms with Crippen LogP contribution in [0.1, 0.15) is 65.2 Å². The molecule has 0 unspecified atom stereocenters. The van der Waals surface area contributed by atoms with Gasteiger partial charge in [0.2, 0.25) is 0 Å². The van der Waals surface area contributed by atoms with Gasteiger partial charge >= 0.3 is 6.03 Å². The van der Waals surface area contributed by atoms with Crippen molar-refractivity contribution in [1.29, 1.82) is 0 Å². The van der Waals surface area contributed by atoms with Crippen molar-refractivity contribution in [3.8, 4) is 0 Å². The summed E-state index contributed by atoms with van der Waals surface area (Å²) in [6.07, 6.45) is -0.941. The summed E-state index contributed by atoms with van der Waals surface area (Å²) in [6, 6.07) is 34.9. The van der Waals surface area contributed by atoms with E-state index in [1.165, 1.54) is 0 Å². The summed E-state index contributed by atoms with van der Waals surface area (Å²) in [4.78, 5) is 14.4. The molecule has 0 bridgehead atoms. The minimum absolute atomic E-state index is 0.0114. The Hall–Kier alpha value is -4.05. The molecule has 1 fully saturated rings. The predicted molar refractivity (Wildman–Crippen MR) is 174 cm³/mol. The van der Waals surface area contributed by atoms with E-state index >= 15 is 0 Å². The number of hydrogen-bond donors (Lipinski definition) is 4. The van der Waals surface area contributed by atoms with Crippen LogP contribution in [0.15, 0.2) is 109 Å². The van der Waals surface area contributed by atoms with E-state index < -0.39 is 12.4 Å². The molecule has 1 aliphatic heterocycles. The highest BCUT2D eigenvalue weighted by atomic mass is 16.7. The molecule has 0 saturated carbocycles. The standard InChI is InChI=1S/C37H43N3O5/c1-26(35(42)31-11-7-4-8-12-31)40(2)24-33-21-34(30-17-15-29(25-41)16-18-30)45-36(44-33)32-19-13-28(14-20-32)23-39-37(43)38-22-27-9-5-3-6-10-27/h3-20,26,33-36,41-42H,21-25H2,1-2H3,(H2,38,39,43)/t26-,33-,34+,35-,36+/m1/s1. The molecule has 1 heterocycles. The molecule has 0 radical (unpaired) electrons. The van der Waals surface area contributed by atoms with Crippen LogP contribution in [0, 0.1) is 0 Å². The van der Waals surface area contributed by atoms with E-state index in [4.69, 9.17) is 9.47 Å². The first-order valence-electron chi connectivity index (χ1n) is 15.5. The Balaban J connectivity index is 1.23. The zero-order chi connectivity index (χ0) is 31.6. The number of urea groups is 1. The number of ether oxygens (including phenoxy) is 2. The molecule has 1 saturated heterocycles. The lowest BCUT2D eigenvalue weighted by molar-refractivity contribution is -0.253. The Morgan fingerprint density at radius 3 is 1.98 bits per heavy atom. The number of hydrogen-bond acceptors (Lipinski definition) is 6.